The number of methoxy groups -OCH3 is 1. The van der Waals surface area contributed by atoms with E-state index < -0.39 is 0 Å². The van der Waals surface area contributed by atoms with Crippen LogP contribution in [0.4, 0.5) is 4.39 Å². The number of nitrogens with one attached hydrogen (secondary N) is 2. The molecule has 0 saturated heterocycles. The monoisotopic (exact) mass is 316 g/mol. The topological polar surface area (TPSA) is 67.4 Å². The van der Waals surface area contributed by atoms with Gasteiger partial charge >= 0.3 is 0 Å². The molecule has 6 heteroatoms. The lowest BCUT2D eigenvalue weighted by Crippen LogP contribution is -2.43. The number of hydrazine groups is 1. The van der Waals surface area contributed by atoms with Crippen molar-refractivity contribution < 1.29 is 18.7 Å². The standard InChI is InChI=1S/C17H17FN2O3/c1-23-15-8-4-13(5-9-15)11-17(22)20-19-16(21)10-12-2-6-14(18)7-3-12/h2-9H,10-11H2,1H3,(H,19,21)(H,20,22). The van der Waals surface area contributed by atoms with Crippen LogP contribution in [-0.4, -0.2) is 18.9 Å². The molecule has 0 radical (unpaired) electrons. The molecule has 0 aliphatic heterocycles. The smallest absolute Gasteiger partial charge is 0.242 e. The summed E-state index contributed by atoms with van der Waals surface area (Å²) in [4.78, 5) is 23.5. The van der Waals surface area contributed by atoms with Crippen molar-refractivity contribution >= 4 is 11.8 Å². The maximum absolute atomic E-state index is 12.8. The van der Waals surface area contributed by atoms with Crippen LogP contribution in [0.1, 0.15) is 11.1 Å². The Hall–Kier alpha value is -2.89. The lowest BCUT2D eigenvalue weighted by atomic mass is 10.1. The second-order valence-electron chi connectivity index (χ2n) is 4.92. The molecule has 0 spiro atoms. The van der Waals surface area contributed by atoms with Crippen LogP contribution in [0.5, 0.6) is 5.75 Å². The molecule has 0 aromatic heterocycles. The molecule has 2 N–H and O–H groups in total. The first kappa shape index (κ1) is 16.5. The van der Waals surface area contributed by atoms with Gasteiger partial charge in [-0.05, 0) is 35.4 Å². The number of carbonyl (C=O) groups excluding carboxylic acids is 2. The van der Waals surface area contributed by atoms with E-state index in [9.17, 15) is 14.0 Å². The van der Waals surface area contributed by atoms with Crippen molar-refractivity contribution in [2.75, 3.05) is 7.11 Å². The minimum absolute atomic E-state index is 0.0586. The molecule has 120 valence electrons. The van der Waals surface area contributed by atoms with E-state index in [1.54, 1.807) is 31.4 Å². The second kappa shape index (κ2) is 7.93. The van der Waals surface area contributed by atoms with Crippen molar-refractivity contribution in [1.82, 2.24) is 10.9 Å². The summed E-state index contributed by atoms with van der Waals surface area (Å²) in [6.07, 6.45) is 0.198. The van der Waals surface area contributed by atoms with E-state index >= 15 is 0 Å². The Kier molecular flexibility index (Phi) is 5.68. The van der Waals surface area contributed by atoms with Gasteiger partial charge in [-0.3, -0.25) is 20.4 Å². The SMILES string of the molecule is COc1ccc(CC(=O)NNC(=O)Cc2ccc(F)cc2)cc1. The lowest BCUT2D eigenvalue weighted by molar-refractivity contribution is -0.128. The molecular weight excluding hydrogens is 299 g/mol. The maximum atomic E-state index is 12.8. The lowest BCUT2D eigenvalue weighted by Gasteiger charge is -2.08. The number of halogens is 1. The van der Waals surface area contributed by atoms with Crippen molar-refractivity contribution in [2.45, 2.75) is 12.8 Å². The van der Waals surface area contributed by atoms with Gasteiger partial charge in [-0.2, -0.15) is 0 Å². The average Bonchev–Trinajstić information content (AvgIpc) is 2.56. The molecule has 0 unspecified atom stereocenters. The van der Waals surface area contributed by atoms with Crippen molar-refractivity contribution in [3.63, 3.8) is 0 Å². The molecule has 0 aliphatic carbocycles. The van der Waals surface area contributed by atoms with E-state index in [0.29, 0.717) is 11.3 Å². The first-order valence-corrected chi connectivity index (χ1v) is 7.02. The molecule has 0 bridgehead atoms. The summed E-state index contributed by atoms with van der Waals surface area (Å²) < 4.78 is 17.8. The fourth-order valence-electron chi connectivity index (χ4n) is 1.94. The van der Waals surface area contributed by atoms with Gasteiger partial charge in [0.05, 0.1) is 20.0 Å². The third kappa shape index (κ3) is 5.43. The zero-order chi connectivity index (χ0) is 16.7. The molecule has 0 fully saturated rings. The predicted octanol–water partition coefficient (Wildman–Crippen LogP) is 1.77. The van der Waals surface area contributed by atoms with E-state index in [-0.39, 0.29) is 30.5 Å². The molecule has 0 aliphatic rings. The highest BCUT2D eigenvalue weighted by atomic mass is 19.1. The number of rotatable bonds is 5. The molecule has 2 rings (SSSR count). The largest absolute Gasteiger partial charge is 0.497 e. The zero-order valence-electron chi connectivity index (χ0n) is 12.6. The van der Waals surface area contributed by atoms with Gasteiger partial charge in [0.1, 0.15) is 11.6 Å². The summed E-state index contributed by atoms with van der Waals surface area (Å²) in [6, 6.07) is 12.7. The summed E-state index contributed by atoms with van der Waals surface area (Å²) in [5.41, 5.74) is 6.14. The van der Waals surface area contributed by atoms with Gasteiger partial charge < -0.3 is 4.74 Å². The summed E-state index contributed by atoms with van der Waals surface area (Å²) in [6.45, 7) is 0. The highest BCUT2D eigenvalue weighted by molar-refractivity contribution is 5.84. The van der Waals surface area contributed by atoms with Crippen molar-refractivity contribution in [2.24, 2.45) is 0 Å². The number of hydrogen-bond donors (Lipinski definition) is 2. The Morgan fingerprint density at radius 1 is 0.870 bits per heavy atom. The van der Waals surface area contributed by atoms with Gasteiger partial charge in [0.15, 0.2) is 0 Å². The van der Waals surface area contributed by atoms with Crippen LogP contribution in [0.25, 0.3) is 0 Å². The van der Waals surface area contributed by atoms with Crippen molar-refractivity contribution in [3.05, 3.63) is 65.5 Å². The van der Waals surface area contributed by atoms with Crippen molar-refractivity contribution in [1.29, 1.82) is 0 Å². The van der Waals surface area contributed by atoms with Gasteiger partial charge in [-0.25, -0.2) is 4.39 Å². The first-order valence-electron chi connectivity index (χ1n) is 7.02. The van der Waals surface area contributed by atoms with E-state index in [1.165, 1.54) is 24.3 Å². The van der Waals surface area contributed by atoms with Crippen LogP contribution in [0.2, 0.25) is 0 Å². The van der Waals surface area contributed by atoms with E-state index in [2.05, 4.69) is 10.9 Å². The number of ether oxygens (including phenoxy) is 1. The molecule has 0 atom stereocenters. The summed E-state index contributed by atoms with van der Waals surface area (Å²) in [5.74, 6) is -0.356. The van der Waals surface area contributed by atoms with Crippen LogP contribution in [0.15, 0.2) is 48.5 Å². The van der Waals surface area contributed by atoms with Gasteiger partial charge in [0.25, 0.3) is 0 Å². The molecule has 0 saturated carbocycles. The Morgan fingerprint density at radius 2 is 1.30 bits per heavy atom. The fourth-order valence-corrected chi connectivity index (χ4v) is 1.94. The van der Waals surface area contributed by atoms with E-state index in [0.717, 1.165) is 5.56 Å². The summed E-state index contributed by atoms with van der Waals surface area (Å²) in [5, 5.41) is 0. The Morgan fingerprint density at radius 3 is 1.74 bits per heavy atom. The summed E-state index contributed by atoms with van der Waals surface area (Å²) in [7, 11) is 1.57. The van der Waals surface area contributed by atoms with Crippen molar-refractivity contribution in [3.8, 4) is 5.75 Å². The first-order chi connectivity index (χ1) is 11.1. The van der Waals surface area contributed by atoms with Crippen LogP contribution in [-0.2, 0) is 22.4 Å². The normalized spacial score (nSPS) is 10.0. The van der Waals surface area contributed by atoms with E-state index in [4.69, 9.17) is 4.74 Å². The Balaban J connectivity index is 1.76. The number of hydrogen-bond acceptors (Lipinski definition) is 3. The maximum Gasteiger partial charge on any atom is 0.242 e. The van der Waals surface area contributed by atoms with Gasteiger partial charge in [0, 0.05) is 0 Å². The minimum atomic E-state index is -0.375. The van der Waals surface area contributed by atoms with Crippen LogP contribution in [0.3, 0.4) is 0 Å². The molecular formula is C17H17FN2O3. The Bertz CT molecular complexity index is 669. The molecule has 2 amide bonds. The van der Waals surface area contributed by atoms with Gasteiger partial charge in [-0.1, -0.05) is 24.3 Å². The molecule has 5 nitrogen and oxygen atoms in total. The fraction of sp³-hybridized carbons (Fsp3) is 0.176. The third-order valence-corrected chi connectivity index (χ3v) is 3.14. The number of amides is 2. The zero-order valence-corrected chi connectivity index (χ0v) is 12.6. The van der Waals surface area contributed by atoms with Crippen LogP contribution in [0, 0.1) is 5.82 Å². The van der Waals surface area contributed by atoms with Gasteiger partial charge in [0.2, 0.25) is 11.8 Å². The summed E-state index contributed by atoms with van der Waals surface area (Å²) >= 11 is 0. The molecule has 2 aromatic rings. The predicted molar refractivity (Wildman–Crippen MR) is 83.1 cm³/mol. The number of carbonyl (C=O) groups is 2. The van der Waals surface area contributed by atoms with Crippen LogP contribution < -0.4 is 15.6 Å². The number of benzene rings is 2. The highest BCUT2D eigenvalue weighted by Crippen LogP contribution is 2.11. The molecule has 23 heavy (non-hydrogen) atoms. The Labute approximate surface area is 133 Å². The minimum Gasteiger partial charge on any atom is -0.497 e. The second-order valence-corrected chi connectivity index (χ2v) is 4.92. The third-order valence-electron chi connectivity index (χ3n) is 3.14. The highest BCUT2D eigenvalue weighted by Gasteiger charge is 2.07. The van der Waals surface area contributed by atoms with Gasteiger partial charge in [-0.15, -0.1) is 0 Å². The molecule has 0 heterocycles. The average molecular weight is 316 g/mol. The quantitative estimate of drug-likeness (QED) is 0.826. The molecule has 2 aromatic carbocycles. The van der Waals surface area contributed by atoms with E-state index in [1.807, 2.05) is 0 Å². The van der Waals surface area contributed by atoms with Crippen LogP contribution >= 0.6 is 0 Å².